The van der Waals surface area contributed by atoms with E-state index < -0.39 is 0 Å². The number of methoxy groups -OCH3 is 2. The van der Waals surface area contributed by atoms with Crippen LogP contribution in [0.25, 0.3) is 0 Å². The molecule has 0 aromatic heterocycles. The normalized spacial score (nSPS) is 15.6. The standard InChI is InChI=1S/C22H27BrN2O4/c1-15-4-6-16(7-5-15)18(14-25-8-10-29-11-9-25)24-22(26)17-12-19(27-2)21(23)20(13-17)28-3/h4-7,12-13,18H,8-11,14H2,1-3H3,(H,24,26). The Bertz CT molecular complexity index is 810. The van der Waals surface area contributed by atoms with Crippen LogP contribution in [0.5, 0.6) is 11.5 Å². The first-order chi connectivity index (χ1) is 14.0. The van der Waals surface area contributed by atoms with Gasteiger partial charge in [0.05, 0.1) is 33.5 Å². The summed E-state index contributed by atoms with van der Waals surface area (Å²) in [6, 6.07) is 11.6. The van der Waals surface area contributed by atoms with Gasteiger partial charge >= 0.3 is 0 Å². The first-order valence-corrected chi connectivity index (χ1v) is 10.4. The summed E-state index contributed by atoms with van der Waals surface area (Å²) in [4.78, 5) is 15.4. The first kappa shape index (κ1) is 21.6. The van der Waals surface area contributed by atoms with Crippen LogP contribution in [0.2, 0.25) is 0 Å². The van der Waals surface area contributed by atoms with Crippen molar-refractivity contribution in [2.24, 2.45) is 0 Å². The number of carbonyl (C=O) groups is 1. The highest BCUT2D eigenvalue weighted by Gasteiger charge is 2.22. The van der Waals surface area contributed by atoms with E-state index in [-0.39, 0.29) is 11.9 Å². The van der Waals surface area contributed by atoms with Gasteiger partial charge in [0.2, 0.25) is 0 Å². The van der Waals surface area contributed by atoms with E-state index in [0.29, 0.717) is 21.5 Å². The number of rotatable bonds is 7. The van der Waals surface area contributed by atoms with Gasteiger partial charge in [-0.2, -0.15) is 0 Å². The van der Waals surface area contributed by atoms with Gasteiger partial charge in [-0.3, -0.25) is 9.69 Å². The molecule has 1 aliphatic rings. The molecule has 1 heterocycles. The molecule has 156 valence electrons. The van der Waals surface area contributed by atoms with Crippen LogP contribution >= 0.6 is 15.9 Å². The molecule has 1 N–H and O–H groups in total. The Morgan fingerprint density at radius 3 is 2.28 bits per heavy atom. The van der Waals surface area contributed by atoms with Crippen molar-refractivity contribution in [3.8, 4) is 11.5 Å². The molecule has 1 unspecified atom stereocenters. The van der Waals surface area contributed by atoms with Crippen molar-refractivity contribution in [3.63, 3.8) is 0 Å². The zero-order valence-corrected chi connectivity index (χ0v) is 18.6. The molecule has 0 saturated carbocycles. The van der Waals surface area contributed by atoms with Crippen molar-refractivity contribution in [1.82, 2.24) is 10.2 Å². The van der Waals surface area contributed by atoms with Crippen molar-refractivity contribution >= 4 is 21.8 Å². The Kier molecular flexibility index (Phi) is 7.52. The summed E-state index contributed by atoms with van der Waals surface area (Å²) in [6.45, 7) is 5.93. The van der Waals surface area contributed by atoms with Crippen LogP contribution in [-0.4, -0.2) is 57.9 Å². The molecule has 7 heteroatoms. The van der Waals surface area contributed by atoms with Crippen LogP contribution in [0.1, 0.15) is 27.5 Å². The Balaban J connectivity index is 1.84. The van der Waals surface area contributed by atoms with Crippen molar-refractivity contribution in [3.05, 3.63) is 57.6 Å². The molecule has 29 heavy (non-hydrogen) atoms. The lowest BCUT2D eigenvalue weighted by Gasteiger charge is -2.31. The second kappa shape index (κ2) is 10.1. The Morgan fingerprint density at radius 2 is 1.72 bits per heavy atom. The molecule has 1 saturated heterocycles. The first-order valence-electron chi connectivity index (χ1n) is 9.61. The van der Waals surface area contributed by atoms with Gasteiger partial charge in [0.1, 0.15) is 16.0 Å². The smallest absolute Gasteiger partial charge is 0.252 e. The molecule has 0 bridgehead atoms. The molecule has 2 aromatic rings. The van der Waals surface area contributed by atoms with E-state index in [1.807, 2.05) is 0 Å². The third-order valence-corrected chi connectivity index (χ3v) is 5.82. The molecule has 1 fully saturated rings. The zero-order chi connectivity index (χ0) is 20.8. The number of nitrogens with zero attached hydrogens (tertiary/aromatic N) is 1. The van der Waals surface area contributed by atoms with Crippen LogP contribution in [0, 0.1) is 6.92 Å². The third-order valence-electron chi connectivity index (χ3n) is 5.04. The minimum atomic E-state index is -0.173. The molecule has 0 aliphatic carbocycles. The summed E-state index contributed by atoms with van der Waals surface area (Å²) < 4.78 is 16.9. The van der Waals surface area contributed by atoms with Gasteiger partial charge in [-0.15, -0.1) is 0 Å². The highest BCUT2D eigenvalue weighted by atomic mass is 79.9. The maximum atomic E-state index is 13.1. The van der Waals surface area contributed by atoms with Crippen LogP contribution in [0.3, 0.4) is 0 Å². The summed E-state index contributed by atoms with van der Waals surface area (Å²) in [6.07, 6.45) is 0. The summed E-state index contributed by atoms with van der Waals surface area (Å²) in [5, 5.41) is 3.19. The number of benzene rings is 2. The third kappa shape index (κ3) is 5.50. The van der Waals surface area contributed by atoms with Gasteiger partial charge in [-0.1, -0.05) is 29.8 Å². The fourth-order valence-corrected chi connectivity index (χ4v) is 3.87. The fraction of sp³-hybridized carbons (Fsp3) is 0.409. The fourth-order valence-electron chi connectivity index (χ4n) is 3.32. The molecular formula is C22H27BrN2O4. The van der Waals surface area contributed by atoms with E-state index in [2.05, 4.69) is 57.3 Å². The minimum absolute atomic E-state index is 0.137. The molecule has 3 rings (SSSR count). The van der Waals surface area contributed by atoms with Gasteiger partial charge in [0.15, 0.2) is 0 Å². The number of aryl methyl sites for hydroxylation is 1. The molecule has 1 amide bonds. The van der Waals surface area contributed by atoms with Crippen molar-refractivity contribution in [1.29, 1.82) is 0 Å². The topological polar surface area (TPSA) is 60.0 Å². The molecule has 6 nitrogen and oxygen atoms in total. The molecule has 1 aliphatic heterocycles. The second-order valence-electron chi connectivity index (χ2n) is 7.04. The highest BCUT2D eigenvalue weighted by molar-refractivity contribution is 9.10. The van der Waals surface area contributed by atoms with E-state index >= 15 is 0 Å². The van der Waals surface area contributed by atoms with Crippen LogP contribution in [-0.2, 0) is 4.74 Å². The Labute approximate surface area is 180 Å². The predicted octanol–water partition coefficient (Wildman–Crippen LogP) is 3.58. The largest absolute Gasteiger partial charge is 0.495 e. The Morgan fingerprint density at radius 1 is 1.14 bits per heavy atom. The predicted molar refractivity (Wildman–Crippen MR) is 116 cm³/mol. The lowest BCUT2D eigenvalue weighted by molar-refractivity contribution is 0.0332. The van der Waals surface area contributed by atoms with Crippen molar-refractivity contribution in [2.45, 2.75) is 13.0 Å². The summed E-state index contributed by atoms with van der Waals surface area (Å²) in [5.74, 6) is 0.928. The van der Waals surface area contributed by atoms with Gasteiger partial charge in [-0.25, -0.2) is 0 Å². The average Bonchev–Trinajstić information content (AvgIpc) is 2.74. The van der Waals surface area contributed by atoms with Gasteiger partial charge in [0, 0.05) is 25.2 Å². The van der Waals surface area contributed by atoms with Crippen molar-refractivity contribution < 1.29 is 19.0 Å². The number of morpholine rings is 1. The Hall–Kier alpha value is -2.09. The quantitative estimate of drug-likeness (QED) is 0.681. The lowest BCUT2D eigenvalue weighted by atomic mass is 10.0. The minimum Gasteiger partial charge on any atom is -0.495 e. The van der Waals surface area contributed by atoms with Gasteiger partial charge in [0.25, 0.3) is 5.91 Å². The summed E-state index contributed by atoms with van der Waals surface area (Å²) in [5.41, 5.74) is 2.75. The van der Waals surface area contributed by atoms with Crippen LogP contribution in [0.15, 0.2) is 40.9 Å². The number of carbonyl (C=O) groups excluding carboxylic acids is 1. The highest BCUT2D eigenvalue weighted by Crippen LogP contribution is 2.35. The van der Waals surface area contributed by atoms with Gasteiger partial charge in [-0.05, 0) is 40.5 Å². The maximum Gasteiger partial charge on any atom is 0.252 e. The summed E-state index contributed by atoms with van der Waals surface area (Å²) >= 11 is 3.44. The number of nitrogens with one attached hydrogen (secondary N) is 1. The number of amides is 1. The second-order valence-corrected chi connectivity index (χ2v) is 7.84. The number of halogens is 1. The summed E-state index contributed by atoms with van der Waals surface area (Å²) in [7, 11) is 3.13. The van der Waals surface area contributed by atoms with Crippen LogP contribution < -0.4 is 14.8 Å². The molecule has 2 aromatic carbocycles. The molecule has 0 spiro atoms. The van der Waals surface area contributed by atoms with E-state index in [9.17, 15) is 4.79 Å². The van der Waals surface area contributed by atoms with E-state index in [1.54, 1.807) is 26.4 Å². The zero-order valence-electron chi connectivity index (χ0n) is 17.0. The lowest BCUT2D eigenvalue weighted by Crippen LogP contribution is -2.43. The molecule has 1 atom stereocenters. The monoisotopic (exact) mass is 462 g/mol. The van der Waals surface area contributed by atoms with E-state index in [4.69, 9.17) is 14.2 Å². The van der Waals surface area contributed by atoms with E-state index in [1.165, 1.54) is 5.56 Å². The molecular weight excluding hydrogens is 436 g/mol. The maximum absolute atomic E-state index is 13.1. The van der Waals surface area contributed by atoms with E-state index in [0.717, 1.165) is 38.4 Å². The average molecular weight is 463 g/mol. The van der Waals surface area contributed by atoms with Gasteiger partial charge < -0.3 is 19.5 Å². The number of ether oxygens (including phenoxy) is 3. The SMILES string of the molecule is COc1cc(C(=O)NC(CN2CCOCC2)c2ccc(C)cc2)cc(OC)c1Br. The van der Waals surface area contributed by atoms with Crippen LogP contribution in [0.4, 0.5) is 0 Å². The number of hydrogen-bond donors (Lipinski definition) is 1. The van der Waals surface area contributed by atoms with Crippen molar-refractivity contribution in [2.75, 3.05) is 47.1 Å². The number of hydrogen-bond acceptors (Lipinski definition) is 5. The molecule has 0 radical (unpaired) electrons.